The van der Waals surface area contributed by atoms with E-state index in [0.29, 0.717) is 12.4 Å². The van der Waals surface area contributed by atoms with Crippen LogP contribution < -0.4 is 10.1 Å². The summed E-state index contributed by atoms with van der Waals surface area (Å²) >= 11 is 0. The number of fused-ring (bicyclic) bond motifs is 1. The van der Waals surface area contributed by atoms with E-state index in [0.717, 1.165) is 28.5 Å². The van der Waals surface area contributed by atoms with Crippen molar-refractivity contribution in [3.8, 4) is 5.75 Å². The molecule has 2 heterocycles. The third kappa shape index (κ3) is 3.46. The van der Waals surface area contributed by atoms with Gasteiger partial charge in [-0.2, -0.15) is 14.6 Å². The molecule has 2 aromatic heterocycles. The van der Waals surface area contributed by atoms with Crippen LogP contribution in [-0.2, 0) is 11.3 Å². The fourth-order valence-electron chi connectivity index (χ4n) is 2.43. The summed E-state index contributed by atoms with van der Waals surface area (Å²) in [4.78, 5) is 8.55. The van der Waals surface area contributed by atoms with Gasteiger partial charge in [0.1, 0.15) is 17.9 Å². The molecule has 0 saturated heterocycles. The average molecular weight is 327 g/mol. The molecule has 0 aliphatic carbocycles. The molecule has 24 heavy (non-hydrogen) atoms. The number of methoxy groups -OCH3 is 1. The minimum Gasteiger partial charge on any atom is -0.491 e. The highest BCUT2D eigenvalue weighted by Gasteiger charge is 2.09. The van der Waals surface area contributed by atoms with Gasteiger partial charge < -0.3 is 14.8 Å². The predicted molar refractivity (Wildman–Crippen MR) is 91.7 cm³/mol. The maximum Gasteiger partial charge on any atom is 0.254 e. The first-order chi connectivity index (χ1) is 11.6. The van der Waals surface area contributed by atoms with E-state index in [9.17, 15) is 0 Å². The topological polar surface area (TPSA) is 73.6 Å². The Kier molecular flexibility index (Phi) is 4.61. The standard InChI is InChI=1S/C17H21N5O2/c1-11(2)24-15-6-5-13(7-12(15)3)20-16-8-14(9-23-4)21-17-18-10-19-22(16)17/h5-8,10-11,20H,9H2,1-4H3. The lowest BCUT2D eigenvalue weighted by molar-refractivity contribution is 0.181. The summed E-state index contributed by atoms with van der Waals surface area (Å²) < 4.78 is 12.6. The second-order valence-corrected chi connectivity index (χ2v) is 5.81. The van der Waals surface area contributed by atoms with E-state index in [1.807, 2.05) is 45.0 Å². The van der Waals surface area contributed by atoms with Crippen molar-refractivity contribution in [3.05, 3.63) is 41.9 Å². The Bertz CT molecular complexity index is 844. The number of rotatable bonds is 6. The molecule has 0 spiro atoms. The van der Waals surface area contributed by atoms with Gasteiger partial charge in [-0.1, -0.05) is 0 Å². The molecule has 126 valence electrons. The van der Waals surface area contributed by atoms with Gasteiger partial charge in [0.2, 0.25) is 0 Å². The number of benzene rings is 1. The number of hydrogen-bond acceptors (Lipinski definition) is 6. The van der Waals surface area contributed by atoms with Crippen LogP contribution in [0.4, 0.5) is 11.5 Å². The maximum absolute atomic E-state index is 5.78. The number of ether oxygens (including phenoxy) is 2. The maximum atomic E-state index is 5.78. The molecule has 0 aliphatic rings. The van der Waals surface area contributed by atoms with Gasteiger partial charge in [-0.25, -0.2) is 4.98 Å². The molecule has 7 nitrogen and oxygen atoms in total. The lowest BCUT2D eigenvalue weighted by Gasteiger charge is -2.14. The highest BCUT2D eigenvalue weighted by Crippen LogP contribution is 2.25. The third-order valence-corrected chi connectivity index (χ3v) is 3.41. The largest absolute Gasteiger partial charge is 0.491 e. The zero-order valence-corrected chi connectivity index (χ0v) is 14.3. The Balaban J connectivity index is 1.91. The number of aryl methyl sites for hydroxylation is 1. The van der Waals surface area contributed by atoms with Crippen LogP contribution in [0.2, 0.25) is 0 Å². The van der Waals surface area contributed by atoms with Crippen molar-refractivity contribution in [1.82, 2.24) is 19.6 Å². The van der Waals surface area contributed by atoms with E-state index in [1.165, 1.54) is 6.33 Å². The summed E-state index contributed by atoms with van der Waals surface area (Å²) in [5.41, 5.74) is 2.79. The molecule has 1 N–H and O–H groups in total. The van der Waals surface area contributed by atoms with Gasteiger partial charge >= 0.3 is 0 Å². The summed E-state index contributed by atoms with van der Waals surface area (Å²) in [6.45, 7) is 6.47. The van der Waals surface area contributed by atoms with Crippen LogP contribution in [0.15, 0.2) is 30.6 Å². The van der Waals surface area contributed by atoms with Crippen molar-refractivity contribution < 1.29 is 9.47 Å². The van der Waals surface area contributed by atoms with Crippen molar-refractivity contribution >= 4 is 17.3 Å². The molecule has 0 unspecified atom stereocenters. The molecular weight excluding hydrogens is 306 g/mol. The lowest BCUT2D eigenvalue weighted by atomic mass is 10.2. The monoisotopic (exact) mass is 327 g/mol. The van der Waals surface area contributed by atoms with Crippen LogP contribution >= 0.6 is 0 Å². The Labute approximate surface area is 140 Å². The second-order valence-electron chi connectivity index (χ2n) is 5.81. The van der Waals surface area contributed by atoms with Gasteiger partial charge in [0, 0.05) is 18.9 Å². The Morgan fingerprint density at radius 2 is 2.08 bits per heavy atom. The van der Waals surface area contributed by atoms with Gasteiger partial charge in [0.25, 0.3) is 5.78 Å². The summed E-state index contributed by atoms with van der Waals surface area (Å²) in [6, 6.07) is 7.88. The summed E-state index contributed by atoms with van der Waals surface area (Å²) in [5.74, 6) is 2.20. The molecule has 0 atom stereocenters. The number of aromatic nitrogens is 4. The van der Waals surface area contributed by atoms with E-state index in [4.69, 9.17) is 9.47 Å². The van der Waals surface area contributed by atoms with Crippen molar-refractivity contribution in [2.24, 2.45) is 0 Å². The van der Waals surface area contributed by atoms with Gasteiger partial charge in [0.05, 0.1) is 18.4 Å². The Hall–Kier alpha value is -2.67. The summed E-state index contributed by atoms with van der Waals surface area (Å²) in [5, 5.41) is 7.57. The SMILES string of the molecule is COCc1cc(Nc2ccc(OC(C)C)c(C)c2)n2ncnc2n1. The summed E-state index contributed by atoms with van der Waals surface area (Å²) in [7, 11) is 1.64. The van der Waals surface area contributed by atoms with Crippen LogP contribution in [0.3, 0.4) is 0 Å². The minimum absolute atomic E-state index is 0.147. The van der Waals surface area contributed by atoms with E-state index in [-0.39, 0.29) is 6.10 Å². The highest BCUT2D eigenvalue weighted by molar-refractivity contribution is 5.61. The number of hydrogen-bond donors (Lipinski definition) is 1. The average Bonchev–Trinajstić information content (AvgIpc) is 2.99. The fraction of sp³-hybridized carbons (Fsp3) is 0.353. The molecule has 0 radical (unpaired) electrons. The quantitative estimate of drug-likeness (QED) is 0.750. The number of nitrogens with zero attached hydrogens (tertiary/aromatic N) is 4. The highest BCUT2D eigenvalue weighted by atomic mass is 16.5. The van der Waals surface area contributed by atoms with Crippen LogP contribution in [0.5, 0.6) is 5.75 Å². The molecule has 0 saturated carbocycles. The Morgan fingerprint density at radius 1 is 1.25 bits per heavy atom. The molecule has 3 aromatic rings. The molecule has 1 aromatic carbocycles. The van der Waals surface area contributed by atoms with Crippen LogP contribution in [0, 0.1) is 6.92 Å². The van der Waals surface area contributed by atoms with Crippen molar-refractivity contribution in [2.75, 3.05) is 12.4 Å². The zero-order chi connectivity index (χ0) is 17.1. The third-order valence-electron chi connectivity index (χ3n) is 3.41. The minimum atomic E-state index is 0.147. The fourth-order valence-corrected chi connectivity index (χ4v) is 2.43. The van der Waals surface area contributed by atoms with E-state index >= 15 is 0 Å². The van der Waals surface area contributed by atoms with Gasteiger partial charge in [-0.3, -0.25) is 0 Å². The first-order valence-corrected chi connectivity index (χ1v) is 7.79. The Morgan fingerprint density at radius 3 is 2.79 bits per heavy atom. The molecule has 3 rings (SSSR count). The van der Waals surface area contributed by atoms with Crippen LogP contribution in [0.25, 0.3) is 5.78 Å². The van der Waals surface area contributed by atoms with Crippen LogP contribution in [-0.4, -0.2) is 32.8 Å². The van der Waals surface area contributed by atoms with E-state index < -0.39 is 0 Å². The number of nitrogens with one attached hydrogen (secondary N) is 1. The zero-order valence-electron chi connectivity index (χ0n) is 14.3. The van der Waals surface area contributed by atoms with Crippen LogP contribution in [0.1, 0.15) is 25.1 Å². The number of anilines is 2. The van der Waals surface area contributed by atoms with Crippen molar-refractivity contribution in [1.29, 1.82) is 0 Å². The van der Waals surface area contributed by atoms with Gasteiger partial charge in [0.15, 0.2) is 0 Å². The predicted octanol–water partition coefficient (Wildman–Crippen LogP) is 3.11. The normalized spacial score (nSPS) is 11.2. The molecule has 0 bridgehead atoms. The first kappa shape index (κ1) is 16.2. The smallest absolute Gasteiger partial charge is 0.254 e. The molecule has 7 heteroatoms. The van der Waals surface area contributed by atoms with E-state index in [1.54, 1.807) is 11.6 Å². The second kappa shape index (κ2) is 6.84. The molecular formula is C17H21N5O2. The van der Waals surface area contributed by atoms with Crippen molar-refractivity contribution in [3.63, 3.8) is 0 Å². The molecule has 0 amide bonds. The summed E-state index contributed by atoms with van der Waals surface area (Å²) in [6.07, 6.45) is 1.63. The first-order valence-electron chi connectivity index (χ1n) is 7.79. The lowest BCUT2D eigenvalue weighted by Crippen LogP contribution is -2.07. The molecule has 0 aliphatic heterocycles. The van der Waals surface area contributed by atoms with Gasteiger partial charge in [-0.05, 0) is 44.5 Å². The van der Waals surface area contributed by atoms with E-state index in [2.05, 4.69) is 20.4 Å². The van der Waals surface area contributed by atoms with Gasteiger partial charge in [-0.15, -0.1) is 0 Å². The molecule has 0 fully saturated rings. The van der Waals surface area contributed by atoms with Crippen molar-refractivity contribution in [2.45, 2.75) is 33.5 Å².